The molecule has 0 saturated heterocycles. The number of azide groups is 1. The zero-order valence-corrected chi connectivity index (χ0v) is 20.0. The second-order valence-corrected chi connectivity index (χ2v) is 8.10. The van der Waals surface area contributed by atoms with Crippen LogP contribution < -0.4 is 10.6 Å². The Labute approximate surface area is 199 Å². The molecule has 1 rings (SSSR count). The maximum absolute atomic E-state index is 12.7. The third kappa shape index (κ3) is 11.8. The highest BCUT2D eigenvalue weighted by molar-refractivity contribution is 5.97. The smallest absolute Gasteiger partial charge is 0.246 e. The lowest BCUT2D eigenvalue weighted by Gasteiger charge is -2.22. The van der Waals surface area contributed by atoms with Crippen molar-refractivity contribution in [2.24, 2.45) is 17.0 Å². The summed E-state index contributed by atoms with van der Waals surface area (Å²) in [7, 11) is 0. The topological polar surface area (TPSA) is 163 Å². The maximum Gasteiger partial charge on any atom is 0.246 e. The molecule has 2 atom stereocenters. The molecule has 11 nitrogen and oxygen atoms in total. The lowest BCUT2D eigenvalue weighted by molar-refractivity contribution is -0.133. The number of amides is 2. The van der Waals surface area contributed by atoms with Gasteiger partial charge >= 0.3 is 0 Å². The van der Waals surface area contributed by atoms with Crippen LogP contribution in [-0.2, 0) is 30.5 Å². The van der Waals surface area contributed by atoms with Gasteiger partial charge in [0, 0.05) is 35.9 Å². The lowest BCUT2D eigenvalue weighted by atomic mass is 9.89. The number of benzene rings is 1. The number of anilines is 1. The van der Waals surface area contributed by atoms with Crippen LogP contribution >= 0.6 is 0 Å². The highest BCUT2D eigenvalue weighted by Gasteiger charge is 2.27. The summed E-state index contributed by atoms with van der Waals surface area (Å²) < 4.78 is 10.6. The Hall–Kier alpha value is -2.98. The summed E-state index contributed by atoms with van der Waals surface area (Å²) in [6.45, 7) is 6.64. The summed E-state index contributed by atoms with van der Waals surface area (Å²) in [6.07, 6.45) is 0.238. The van der Waals surface area contributed by atoms with Crippen LogP contribution in [0, 0.1) is 11.8 Å². The molecule has 0 aromatic heterocycles. The van der Waals surface area contributed by atoms with E-state index in [2.05, 4.69) is 20.7 Å². The van der Waals surface area contributed by atoms with Crippen molar-refractivity contribution in [3.63, 3.8) is 0 Å². The van der Waals surface area contributed by atoms with E-state index in [9.17, 15) is 14.4 Å². The zero-order valence-electron chi connectivity index (χ0n) is 20.0. The van der Waals surface area contributed by atoms with Crippen molar-refractivity contribution >= 4 is 23.3 Å². The molecule has 0 radical (unpaired) electrons. The molecule has 0 aliphatic carbocycles. The van der Waals surface area contributed by atoms with Crippen molar-refractivity contribution in [3.8, 4) is 0 Å². The van der Waals surface area contributed by atoms with Crippen LogP contribution in [0.5, 0.6) is 0 Å². The van der Waals surface area contributed by atoms with Gasteiger partial charge in [-0.2, -0.15) is 0 Å². The van der Waals surface area contributed by atoms with Crippen LogP contribution in [0.15, 0.2) is 29.4 Å². The number of Topliss-reactive ketones (excluding diaryl/α,β-unsaturated/α-hetero) is 1. The highest BCUT2D eigenvalue weighted by Crippen LogP contribution is 2.17. The number of aliphatic hydroxyl groups is 1. The van der Waals surface area contributed by atoms with Crippen molar-refractivity contribution in [3.05, 3.63) is 40.3 Å². The second kappa shape index (κ2) is 16.6. The molecule has 2 amide bonds. The predicted molar refractivity (Wildman–Crippen MR) is 127 cm³/mol. The summed E-state index contributed by atoms with van der Waals surface area (Å²) in [6, 6.07) is 5.95. The Morgan fingerprint density at radius 3 is 2.26 bits per heavy atom. The molecule has 0 saturated carbocycles. The van der Waals surface area contributed by atoms with Gasteiger partial charge < -0.3 is 25.2 Å². The molecule has 34 heavy (non-hydrogen) atoms. The minimum absolute atomic E-state index is 0.0620. The van der Waals surface area contributed by atoms with Gasteiger partial charge in [0.2, 0.25) is 11.8 Å². The van der Waals surface area contributed by atoms with E-state index in [0.29, 0.717) is 25.5 Å². The van der Waals surface area contributed by atoms with Crippen molar-refractivity contribution < 1.29 is 29.0 Å². The van der Waals surface area contributed by atoms with Crippen LogP contribution in [0.4, 0.5) is 5.69 Å². The molecule has 3 N–H and O–H groups in total. The average Bonchev–Trinajstić information content (AvgIpc) is 2.81. The monoisotopic (exact) mass is 477 g/mol. The quantitative estimate of drug-likeness (QED) is 0.135. The molecule has 0 aliphatic heterocycles. The summed E-state index contributed by atoms with van der Waals surface area (Å²) in [5, 5.41) is 17.8. The molecule has 0 spiro atoms. The van der Waals surface area contributed by atoms with Crippen molar-refractivity contribution in [2.45, 2.75) is 46.3 Å². The van der Waals surface area contributed by atoms with Crippen LogP contribution in [0.25, 0.3) is 10.4 Å². The van der Waals surface area contributed by atoms with E-state index in [0.717, 1.165) is 5.56 Å². The van der Waals surface area contributed by atoms with E-state index in [1.807, 2.05) is 13.8 Å². The van der Waals surface area contributed by atoms with Crippen LogP contribution in [0.2, 0.25) is 0 Å². The first kappa shape index (κ1) is 29.1. The first-order chi connectivity index (χ1) is 16.3. The molecular formula is C23H35N5O6. The van der Waals surface area contributed by atoms with Gasteiger partial charge in [0.15, 0.2) is 0 Å². The molecule has 0 aliphatic rings. The fourth-order valence-corrected chi connectivity index (χ4v) is 2.97. The third-order valence-corrected chi connectivity index (χ3v) is 5.04. The number of nitrogens with one attached hydrogen (secondary N) is 2. The van der Waals surface area contributed by atoms with Gasteiger partial charge in [-0.3, -0.25) is 14.4 Å². The fraction of sp³-hybridized carbons (Fsp3) is 0.609. The molecule has 0 fully saturated rings. The number of aliphatic hydroxyl groups excluding tert-OH is 1. The number of ether oxygens (including phenoxy) is 2. The minimum Gasteiger partial charge on any atom is -0.392 e. The van der Waals surface area contributed by atoms with Crippen molar-refractivity contribution in [1.29, 1.82) is 0 Å². The Morgan fingerprint density at radius 2 is 1.68 bits per heavy atom. The number of hydrogen-bond acceptors (Lipinski definition) is 7. The standard InChI is InChI=1S/C23H35N5O6/c1-16(2)21(14-20(30)8-10-33-12-13-34-11-9-25-28-24)23(32)26-17(3)22(31)27-19-6-4-18(15-29)5-7-19/h4-7,16-17,21,29H,8-15H2,1-3H3,(H,26,32)(H,27,31)/t17-,21-/m0/s1. The SMILES string of the molecule is CC(C)[C@H](CC(=O)CCOCCOCCN=[N+]=[N-])C(=O)N[C@@H](C)C(=O)Nc1ccc(CO)cc1. The Kier molecular flexibility index (Phi) is 14.2. The molecule has 11 heteroatoms. The average molecular weight is 478 g/mol. The summed E-state index contributed by atoms with van der Waals surface area (Å²) in [4.78, 5) is 40.1. The van der Waals surface area contributed by atoms with E-state index in [1.54, 1.807) is 31.2 Å². The Balaban J connectivity index is 2.40. The molecular weight excluding hydrogens is 442 g/mol. The van der Waals surface area contributed by atoms with Gasteiger partial charge in [0.25, 0.3) is 0 Å². The van der Waals surface area contributed by atoms with Crippen molar-refractivity contribution in [2.75, 3.05) is 38.3 Å². The number of nitrogens with zero attached hydrogens (tertiary/aromatic N) is 3. The van der Waals surface area contributed by atoms with Gasteiger partial charge in [-0.25, -0.2) is 0 Å². The van der Waals surface area contributed by atoms with Gasteiger partial charge in [0.1, 0.15) is 11.8 Å². The van der Waals surface area contributed by atoms with Crippen LogP contribution in [0.1, 0.15) is 39.2 Å². The third-order valence-electron chi connectivity index (χ3n) is 5.04. The second-order valence-electron chi connectivity index (χ2n) is 8.10. The summed E-state index contributed by atoms with van der Waals surface area (Å²) in [5.74, 6) is -1.48. The van der Waals surface area contributed by atoms with E-state index in [-0.39, 0.29) is 56.1 Å². The van der Waals surface area contributed by atoms with Crippen LogP contribution in [-0.4, -0.2) is 61.7 Å². The highest BCUT2D eigenvalue weighted by atomic mass is 16.5. The minimum atomic E-state index is -0.788. The predicted octanol–water partition coefficient (Wildman–Crippen LogP) is 2.59. The van der Waals surface area contributed by atoms with Gasteiger partial charge in [-0.1, -0.05) is 31.1 Å². The summed E-state index contributed by atoms with van der Waals surface area (Å²) in [5.41, 5.74) is 9.44. The number of carbonyl (C=O) groups is 3. The van der Waals surface area contributed by atoms with Gasteiger partial charge in [-0.15, -0.1) is 0 Å². The Bertz CT molecular complexity index is 824. The fourth-order valence-electron chi connectivity index (χ4n) is 2.97. The molecule has 188 valence electrons. The van der Waals surface area contributed by atoms with Gasteiger partial charge in [0.05, 0.1) is 33.0 Å². The number of carbonyl (C=O) groups excluding carboxylic acids is 3. The van der Waals surface area contributed by atoms with Crippen molar-refractivity contribution in [1.82, 2.24) is 5.32 Å². The first-order valence-corrected chi connectivity index (χ1v) is 11.3. The van der Waals surface area contributed by atoms with E-state index < -0.39 is 12.0 Å². The maximum atomic E-state index is 12.7. The molecule has 0 bridgehead atoms. The molecule has 1 aromatic rings. The zero-order chi connectivity index (χ0) is 25.3. The Morgan fingerprint density at radius 1 is 1.03 bits per heavy atom. The van der Waals surface area contributed by atoms with Crippen LogP contribution in [0.3, 0.4) is 0 Å². The van der Waals surface area contributed by atoms with E-state index >= 15 is 0 Å². The summed E-state index contributed by atoms with van der Waals surface area (Å²) >= 11 is 0. The van der Waals surface area contributed by atoms with E-state index in [1.165, 1.54) is 0 Å². The van der Waals surface area contributed by atoms with E-state index in [4.69, 9.17) is 20.1 Å². The first-order valence-electron chi connectivity index (χ1n) is 11.3. The number of ketones is 1. The molecule has 1 aromatic carbocycles. The normalized spacial score (nSPS) is 12.5. The molecule has 0 heterocycles. The number of hydrogen-bond donors (Lipinski definition) is 3. The molecule has 0 unspecified atom stereocenters. The van der Waals surface area contributed by atoms with Gasteiger partial charge in [-0.05, 0) is 36.1 Å². The number of rotatable bonds is 17. The lowest BCUT2D eigenvalue weighted by Crippen LogP contribution is -2.45. The largest absolute Gasteiger partial charge is 0.392 e.